The first kappa shape index (κ1) is 21.9. The minimum Gasteiger partial charge on any atom is -0.381 e. The summed E-state index contributed by atoms with van der Waals surface area (Å²) < 4.78 is 6.21. The third-order valence-electron chi connectivity index (χ3n) is 5.19. The van der Waals surface area contributed by atoms with Crippen LogP contribution < -0.4 is 21.2 Å². The average Bonchev–Trinajstić information content (AvgIpc) is 2.86. The van der Waals surface area contributed by atoms with Gasteiger partial charge in [-0.3, -0.25) is 0 Å². The Morgan fingerprint density at radius 3 is 0.903 bits per heavy atom. The Bertz CT molecular complexity index is 844. The van der Waals surface area contributed by atoms with Gasteiger partial charge in [0, 0.05) is 0 Å². The average molecular weight is 442 g/mol. The normalized spacial score (nSPS) is 11.2. The summed E-state index contributed by atoms with van der Waals surface area (Å²) in [6.45, 7) is 1.59. The molecular formula is C28H28OP2. The zero-order valence-corrected chi connectivity index (χ0v) is 19.5. The molecule has 0 amide bonds. The zero-order valence-electron chi connectivity index (χ0n) is 17.7. The van der Waals surface area contributed by atoms with E-state index in [0.29, 0.717) is 0 Å². The van der Waals surface area contributed by atoms with E-state index in [1.165, 1.54) is 21.2 Å². The van der Waals surface area contributed by atoms with E-state index in [0.717, 1.165) is 25.5 Å². The summed E-state index contributed by atoms with van der Waals surface area (Å²) in [5, 5.41) is 5.68. The largest absolute Gasteiger partial charge is 0.381 e. The van der Waals surface area contributed by atoms with Crippen LogP contribution in [0.1, 0.15) is 0 Å². The molecule has 0 bridgehead atoms. The van der Waals surface area contributed by atoms with Gasteiger partial charge >= 0.3 is 0 Å². The fourth-order valence-corrected chi connectivity index (χ4v) is 8.04. The molecule has 31 heavy (non-hydrogen) atoms. The molecule has 0 radical (unpaired) electrons. The molecule has 0 saturated heterocycles. The lowest BCUT2D eigenvalue weighted by atomic mass is 10.4. The Labute approximate surface area is 188 Å². The summed E-state index contributed by atoms with van der Waals surface area (Å²) in [6, 6.07) is 43.5. The quantitative estimate of drug-likeness (QED) is 0.240. The van der Waals surface area contributed by atoms with E-state index in [2.05, 4.69) is 121 Å². The highest BCUT2D eigenvalue weighted by molar-refractivity contribution is 7.73. The molecular weight excluding hydrogens is 414 g/mol. The summed E-state index contributed by atoms with van der Waals surface area (Å²) in [5.41, 5.74) is 0. The Morgan fingerprint density at radius 1 is 0.387 bits per heavy atom. The van der Waals surface area contributed by atoms with Crippen molar-refractivity contribution in [2.45, 2.75) is 0 Å². The highest BCUT2D eigenvalue weighted by Crippen LogP contribution is 2.34. The second-order valence-corrected chi connectivity index (χ2v) is 11.9. The van der Waals surface area contributed by atoms with Crippen LogP contribution in [0.15, 0.2) is 121 Å². The predicted molar refractivity (Wildman–Crippen MR) is 139 cm³/mol. The van der Waals surface area contributed by atoms with Crippen LogP contribution >= 0.6 is 15.8 Å². The van der Waals surface area contributed by atoms with Crippen LogP contribution in [0.3, 0.4) is 0 Å². The Morgan fingerprint density at radius 2 is 0.645 bits per heavy atom. The molecule has 156 valence electrons. The first-order valence-corrected chi connectivity index (χ1v) is 13.8. The van der Waals surface area contributed by atoms with Crippen LogP contribution in [-0.4, -0.2) is 25.5 Å². The summed E-state index contributed by atoms with van der Waals surface area (Å²) >= 11 is 0. The van der Waals surface area contributed by atoms with Gasteiger partial charge in [-0.25, -0.2) is 0 Å². The van der Waals surface area contributed by atoms with Gasteiger partial charge in [-0.2, -0.15) is 0 Å². The molecule has 0 unspecified atom stereocenters. The van der Waals surface area contributed by atoms with Gasteiger partial charge in [0.15, 0.2) is 0 Å². The smallest absolute Gasteiger partial charge is 0.0511 e. The van der Waals surface area contributed by atoms with E-state index < -0.39 is 15.8 Å². The number of benzene rings is 4. The molecule has 4 rings (SSSR count). The summed E-state index contributed by atoms with van der Waals surface area (Å²) in [7, 11) is -0.780. The maximum atomic E-state index is 6.21. The lowest BCUT2D eigenvalue weighted by Gasteiger charge is -2.20. The van der Waals surface area contributed by atoms with Crippen LogP contribution in [0.25, 0.3) is 0 Å². The van der Waals surface area contributed by atoms with Gasteiger partial charge in [-0.1, -0.05) is 121 Å². The van der Waals surface area contributed by atoms with Crippen LogP contribution in [0.2, 0.25) is 0 Å². The molecule has 0 aliphatic carbocycles. The van der Waals surface area contributed by atoms with E-state index in [4.69, 9.17) is 4.74 Å². The maximum Gasteiger partial charge on any atom is 0.0511 e. The summed E-state index contributed by atoms with van der Waals surface area (Å²) in [4.78, 5) is 0. The lowest BCUT2D eigenvalue weighted by Crippen LogP contribution is -2.19. The lowest BCUT2D eigenvalue weighted by molar-refractivity contribution is 0.166. The van der Waals surface area contributed by atoms with Crippen molar-refractivity contribution in [1.29, 1.82) is 0 Å². The van der Waals surface area contributed by atoms with Crippen LogP contribution in [0, 0.1) is 0 Å². The minimum atomic E-state index is -0.390. The van der Waals surface area contributed by atoms with E-state index >= 15 is 0 Å². The second kappa shape index (κ2) is 11.9. The molecule has 0 heterocycles. The van der Waals surface area contributed by atoms with Crippen molar-refractivity contribution >= 4 is 37.1 Å². The topological polar surface area (TPSA) is 9.23 Å². The Balaban J connectivity index is 1.37. The van der Waals surface area contributed by atoms with Crippen molar-refractivity contribution in [2.24, 2.45) is 0 Å². The molecule has 0 fully saturated rings. The molecule has 0 aliphatic heterocycles. The zero-order chi connectivity index (χ0) is 21.1. The fraction of sp³-hybridized carbons (Fsp3) is 0.143. The third kappa shape index (κ3) is 6.34. The maximum absolute atomic E-state index is 6.21. The first-order chi connectivity index (χ1) is 15.4. The Kier molecular flexibility index (Phi) is 8.43. The fourth-order valence-electron chi connectivity index (χ4n) is 3.66. The molecule has 1 nitrogen and oxygen atoms in total. The van der Waals surface area contributed by atoms with E-state index in [-0.39, 0.29) is 0 Å². The van der Waals surface area contributed by atoms with Crippen molar-refractivity contribution in [3.8, 4) is 0 Å². The van der Waals surface area contributed by atoms with Crippen LogP contribution in [-0.2, 0) is 4.74 Å². The molecule has 0 N–H and O–H groups in total. The standard InChI is InChI=1S/C28H28OP2/c1-5-13-25(14-6-1)30(26-15-7-2-8-16-26)23-21-29-22-24-31(27-17-9-3-10-18-27)28-19-11-4-12-20-28/h1-20H,21-24H2. The number of hydrogen-bond acceptors (Lipinski definition) is 1. The van der Waals surface area contributed by atoms with Gasteiger partial charge in [0.2, 0.25) is 0 Å². The Hall–Kier alpha value is -2.30. The van der Waals surface area contributed by atoms with Crippen molar-refractivity contribution in [1.82, 2.24) is 0 Å². The molecule has 0 atom stereocenters. The number of rotatable bonds is 10. The molecule has 4 aromatic rings. The third-order valence-corrected chi connectivity index (χ3v) is 10.1. The van der Waals surface area contributed by atoms with Crippen molar-refractivity contribution in [3.05, 3.63) is 121 Å². The van der Waals surface area contributed by atoms with Gasteiger partial charge in [0.05, 0.1) is 13.2 Å². The molecule has 0 spiro atoms. The molecule has 0 aliphatic rings. The molecule has 3 heteroatoms. The summed E-state index contributed by atoms with van der Waals surface area (Å²) in [5.74, 6) is 0. The van der Waals surface area contributed by atoms with Gasteiger partial charge in [0.1, 0.15) is 0 Å². The second-order valence-electron chi connectivity index (χ2n) is 7.26. The summed E-state index contributed by atoms with van der Waals surface area (Å²) in [6.07, 6.45) is 2.11. The van der Waals surface area contributed by atoms with Gasteiger partial charge in [0.25, 0.3) is 0 Å². The van der Waals surface area contributed by atoms with Crippen LogP contribution in [0.5, 0.6) is 0 Å². The first-order valence-electron chi connectivity index (χ1n) is 10.7. The van der Waals surface area contributed by atoms with Gasteiger partial charge < -0.3 is 4.74 Å². The highest BCUT2D eigenvalue weighted by Gasteiger charge is 2.15. The molecule has 0 saturated carbocycles. The van der Waals surface area contributed by atoms with E-state index in [1.54, 1.807) is 0 Å². The highest BCUT2D eigenvalue weighted by atomic mass is 31.1. The van der Waals surface area contributed by atoms with Gasteiger partial charge in [-0.15, -0.1) is 0 Å². The van der Waals surface area contributed by atoms with Gasteiger partial charge in [-0.05, 0) is 49.4 Å². The predicted octanol–water partition coefficient (Wildman–Crippen LogP) is 5.27. The van der Waals surface area contributed by atoms with E-state index in [1.807, 2.05) is 0 Å². The van der Waals surface area contributed by atoms with E-state index in [9.17, 15) is 0 Å². The van der Waals surface area contributed by atoms with Crippen molar-refractivity contribution < 1.29 is 4.74 Å². The van der Waals surface area contributed by atoms with Crippen LogP contribution in [0.4, 0.5) is 0 Å². The SMILES string of the molecule is c1ccc(P(CCOCCP(c2ccccc2)c2ccccc2)c2ccccc2)cc1. The number of hydrogen-bond donors (Lipinski definition) is 0. The molecule has 0 aromatic heterocycles. The van der Waals surface area contributed by atoms with Crippen molar-refractivity contribution in [2.75, 3.05) is 25.5 Å². The van der Waals surface area contributed by atoms with Crippen molar-refractivity contribution in [3.63, 3.8) is 0 Å². The monoisotopic (exact) mass is 442 g/mol. The number of ether oxygens (including phenoxy) is 1. The molecule has 4 aromatic carbocycles. The minimum absolute atomic E-state index is 0.390.